The number of halogens is 2. The van der Waals surface area contributed by atoms with Crippen LogP contribution in [-0.4, -0.2) is 35.0 Å². The van der Waals surface area contributed by atoms with Crippen molar-refractivity contribution in [3.63, 3.8) is 0 Å². The Morgan fingerprint density at radius 1 is 1.23 bits per heavy atom. The standard InChI is InChI=1S/C17H12BrClN2O4S/c18-14-6-5-12(25-14)15(22)20-7-8-21-16(23)13(26-17(21)24)9-10-1-3-11(19)4-2-10/h1-6,9H,7-8H2,(H,20,22)/b13-9-. The van der Waals surface area contributed by atoms with E-state index in [0.29, 0.717) is 14.6 Å². The van der Waals surface area contributed by atoms with Crippen molar-refractivity contribution in [2.24, 2.45) is 0 Å². The molecule has 0 radical (unpaired) electrons. The highest BCUT2D eigenvalue weighted by Crippen LogP contribution is 2.32. The Kier molecular flexibility index (Phi) is 5.85. The molecule has 2 aromatic rings. The molecule has 3 amide bonds. The number of amides is 3. The molecule has 1 aliphatic heterocycles. The van der Waals surface area contributed by atoms with Crippen LogP contribution in [0.15, 0.2) is 50.4 Å². The number of nitrogens with zero attached hydrogens (tertiary/aromatic N) is 1. The Labute approximate surface area is 166 Å². The molecule has 0 aliphatic carbocycles. The maximum absolute atomic E-state index is 12.4. The van der Waals surface area contributed by atoms with Crippen molar-refractivity contribution in [3.8, 4) is 0 Å². The van der Waals surface area contributed by atoms with Crippen LogP contribution in [0.5, 0.6) is 0 Å². The van der Waals surface area contributed by atoms with Crippen molar-refractivity contribution in [1.82, 2.24) is 10.2 Å². The minimum absolute atomic E-state index is 0.0796. The lowest BCUT2D eigenvalue weighted by atomic mass is 10.2. The van der Waals surface area contributed by atoms with E-state index in [0.717, 1.165) is 22.2 Å². The van der Waals surface area contributed by atoms with E-state index in [1.165, 1.54) is 6.07 Å². The predicted octanol–water partition coefficient (Wildman–Crippen LogP) is 4.16. The molecule has 1 saturated heterocycles. The number of carbonyl (C=O) groups excluding carboxylic acids is 3. The van der Waals surface area contributed by atoms with E-state index in [9.17, 15) is 14.4 Å². The molecule has 134 valence electrons. The number of furan rings is 1. The third-order valence-corrected chi connectivity index (χ3v) is 5.04. The molecule has 6 nitrogen and oxygen atoms in total. The number of carbonyl (C=O) groups is 3. The highest BCUT2D eigenvalue weighted by molar-refractivity contribution is 9.10. The average molecular weight is 456 g/mol. The normalized spacial score (nSPS) is 15.8. The first-order valence-electron chi connectivity index (χ1n) is 7.48. The lowest BCUT2D eigenvalue weighted by Crippen LogP contribution is -2.37. The summed E-state index contributed by atoms with van der Waals surface area (Å²) in [6.07, 6.45) is 1.64. The molecule has 1 aromatic heterocycles. The molecular weight excluding hydrogens is 444 g/mol. The van der Waals surface area contributed by atoms with E-state index in [4.69, 9.17) is 16.0 Å². The molecule has 2 heterocycles. The summed E-state index contributed by atoms with van der Waals surface area (Å²) in [5.74, 6) is -0.655. The van der Waals surface area contributed by atoms with Crippen LogP contribution in [0.3, 0.4) is 0 Å². The van der Waals surface area contributed by atoms with E-state index in [1.807, 2.05) is 0 Å². The number of imide groups is 1. The van der Waals surface area contributed by atoms with Crippen LogP contribution >= 0.6 is 39.3 Å². The fourth-order valence-corrected chi connectivity index (χ4v) is 3.51. The molecule has 0 bridgehead atoms. The molecule has 0 unspecified atom stereocenters. The summed E-state index contributed by atoms with van der Waals surface area (Å²) < 4.78 is 5.58. The van der Waals surface area contributed by atoms with Gasteiger partial charge in [0.1, 0.15) is 0 Å². The molecule has 3 rings (SSSR count). The van der Waals surface area contributed by atoms with Gasteiger partial charge in [0, 0.05) is 18.1 Å². The quantitative estimate of drug-likeness (QED) is 0.685. The van der Waals surface area contributed by atoms with Gasteiger partial charge in [-0.2, -0.15) is 0 Å². The SMILES string of the molecule is O=C(NCCN1C(=O)S/C(=C\c2ccc(Cl)cc2)C1=O)c1ccc(Br)o1. The number of rotatable bonds is 5. The Balaban J connectivity index is 1.58. The monoisotopic (exact) mass is 454 g/mol. The first-order valence-corrected chi connectivity index (χ1v) is 9.47. The summed E-state index contributed by atoms with van der Waals surface area (Å²) in [7, 11) is 0. The minimum Gasteiger partial charge on any atom is -0.444 e. The second-order valence-electron chi connectivity index (χ2n) is 5.24. The van der Waals surface area contributed by atoms with Crippen LogP contribution < -0.4 is 5.32 Å². The van der Waals surface area contributed by atoms with Gasteiger partial charge in [-0.1, -0.05) is 23.7 Å². The molecule has 0 atom stereocenters. The zero-order valence-corrected chi connectivity index (χ0v) is 16.4. The Hall–Kier alpha value is -2.03. The smallest absolute Gasteiger partial charge is 0.293 e. The molecule has 26 heavy (non-hydrogen) atoms. The summed E-state index contributed by atoms with van der Waals surface area (Å²) in [6, 6.07) is 10.1. The Morgan fingerprint density at radius 3 is 2.62 bits per heavy atom. The predicted molar refractivity (Wildman–Crippen MR) is 103 cm³/mol. The van der Waals surface area contributed by atoms with E-state index in [1.54, 1.807) is 36.4 Å². The minimum atomic E-state index is -0.417. The van der Waals surface area contributed by atoms with Crippen LogP contribution in [0.4, 0.5) is 4.79 Å². The lowest BCUT2D eigenvalue weighted by Gasteiger charge is -2.12. The van der Waals surface area contributed by atoms with Crippen molar-refractivity contribution < 1.29 is 18.8 Å². The van der Waals surface area contributed by atoms with Gasteiger partial charge in [-0.25, -0.2) is 0 Å². The third-order valence-electron chi connectivity index (χ3n) is 3.46. The molecule has 1 aliphatic rings. The maximum Gasteiger partial charge on any atom is 0.293 e. The van der Waals surface area contributed by atoms with Crippen molar-refractivity contribution in [2.45, 2.75) is 0 Å². The summed E-state index contributed by atoms with van der Waals surface area (Å²) in [5, 5.41) is 2.83. The fourth-order valence-electron chi connectivity index (χ4n) is 2.21. The molecule has 1 fully saturated rings. The molecule has 9 heteroatoms. The molecule has 0 saturated carbocycles. The van der Waals surface area contributed by atoms with Gasteiger partial charge in [-0.3, -0.25) is 19.3 Å². The summed E-state index contributed by atoms with van der Waals surface area (Å²) in [4.78, 5) is 37.8. The van der Waals surface area contributed by atoms with Crippen LogP contribution in [-0.2, 0) is 4.79 Å². The van der Waals surface area contributed by atoms with Crippen molar-refractivity contribution in [1.29, 1.82) is 0 Å². The Morgan fingerprint density at radius 2 is 1.96 bits per heavy atom. The summed E-state index contributed by atoms with van der Waals surface area (Å²) in [5.41, 5.74) is 0.775. The second-order valence-corrected chi connectivity index (χ2v) is 7.46. The number of hydrogen-bond acceptors (Lipinski definition) is 5. The van der Waals surface area contributed by atoms with Gasteiger partial charge in [-0.05, 0) is 63.6 Å². The highest BCUT2D eigenvalue weighted by Gasteiger charge is 2.34. The van der Waals surface area contributed by atoms with Crippen LogP contribution in [0.1, 0.15) is 16.1 Å². The van der Waals surface area contributed by atoms with Gasteiger partial charge < -0.3 is 9.73 Å². The maximum atomic E-state index is 12.4. The Bertz CT molecular complexity index is 894. The first-order chi connectivity index (χ1) is 12.4. The molecular formula is C17H12BrClN2O4S. The average Bonchev–Trinajstić information content (AvgIpc) is 3.15. The first kappa shape index (κ1) is 18.8. The van der Waals surface area contributed by atoms with Crippen molar-refractivity contribution >= 4 is 62.4 Å². The zero-order chi connectivity index (χ0) is 18.7. The van der Waals surface area contributed by atoms with E-state index < -0.39 is 5.91 Å². The van der Waals surface area contributed by atoms with Gasteiger partial charge in [-0.15, -0.1) is 0 Å². The third kappa shape index (κ3) is 4.38. The van der Waals surface area contributed by atoms with Crippen LogP contribution in [0, 0.1) is 0 Å². The number of benzene rings is 1. The summed E-state index contributed by atoms with van der Waals surface area (Å²) >= 11 is 9.82. The number of thioether (sulfide) groups is 1. The second kappa shape index (κ2) is 8.11. The number of hydrogen-bond donors (Lipinski definition) is 1. The molecule has 1 aromatic carbocycles. The van der Waals surface area contributed by atoms with Gasteiger partial charge in [0.25, 0.3) is 17.1 Å². The van der Waals surface area contributed by atoms with E-state index in [-0.39, 0.29) is 30.0 Å². The van der Waals surface area contributed by atoms with Crippen molar-refractivity contribution in [3.05, 3.63) is 62.3 Å². The largest absolute Gasteiger partial charge is 0.444 e. The van der Waals surface area contributed by atoms with Gasteiger partial charge >= 0.3 is 0 Å². The molecule has 1 N–H and O–H groups in total. The van der Waals surface area contributed by atoms with Crippen LogP contribution in [0.25, 0.3) is 6.08 Å². The van der Waals surface area contributed by atoms with Crippen LogP contribution in [0.2, 0.25) is 5.02 Å². The fraction of sp³-hybridized carbons (Fsp3) is 0.118. The van der Waals surface area contributed by atoms with Gasteiger partial charge in [0.2, 0.25) is 0 Å². The van der Waals surface area contributed by atoms with Crippen molar-refractivity contribution in [2.75, 3.05) is 13.1 Å². The summed E-state index contributed by atoms with van der Waals surface area (Å²) in [6.45, 7) is 0.208. The van der Waals surface area contributed by atoms with Gasteiger partial charge in [0.05, 0.1) is 4.91 Å². The van der Waals surface area contributed by atoms with E-state index in [2.05, 4.69) is 21.2 Å². The number of nitrogens with one attached hydrogen (secondary N) is 1. The van der Waals surface area contributed by atoms with E-state index >= 15 is 0 Å². The topological polar surface area (TPSA) is 79.6 Å². The zero-order valence-electron chi connectivity index (χ0n) is 13.2. The van der Waals surface area contributed by atoms with Gasteiger partial charge in [0.15, 0.2) is 10.4 Å². The highest BCUT2D eigenvalue weighted by atomic mass is 79.9. The lowest BCUT2D eigenvalue weighted by molar-refractivity contribution is -0.122. The molecule has 0 spiro atoms.